The van der Waals surface area contributed by atoms with Crippen LogP contribution >= 0.6 is 0 Å². The summed E-state index contributed by atoms with van der Waals surface area (Å²) in [7, 11) is 3.02. The van der Waals surface area contributed by atoms with Crippen LogP contribution in [0.15, 0.2) is 52.2 Å². The lowest BCUT2D eigenvalue weighted by atomic mass is 10.1. The van der Waals surface area contributed by atoms with Crippen molar-refractivity contribution in [1.29, 1.82) is 0 Å². The third-order valence-electron chi connectivity index (χ3n) is 4.74. The molecule has 0 aliphatic heterocycles. The van der Waals surface area contributed by atoms with E-state index in [4.69, 9.17) is 15.2 Å². The van der Waals surface area contributed by atoms with Crippen LogP contribution in [0.3, 0.4) is 0 Å². The highest BCUT2D eigenvalue weighted by Gasteiger charge is 2.25. The molecule has 178 valence electrons. The first-order chi connectivity index (χ1) is 16.9. The first kappa shape index (κ1) is 22.8. The molecule has 0 unspecified atom stereocenters. The van der Waals surface area contributed by atoms with E-state index in [1.807, 2.05) is 0 Å². The predicted molar refractivity (Wildman–Crippen MR) is 120 cm³/mol. The van der Waals surface area contributed by atoms with Gasteiger partial charge in [0, 0.05) is 23.3 Å². The molecule has 0 spiro atoms. The van der Waals surface area contributed by atoms with Gasteiger partial charge < -0.3 is 15.2 Å². The summed E-state index contributed by atoms with van der Waals surface area (Å²) in [4.78, 5) is 23.4. The first-order valence-electron chi connectivity index (χ1n) is 9.77. The maximum atomic E-state index is 13.0. The van der Waals surface area contributed by atoms with Crippen molar-refractivity contribution in [1.82, 2.24) is 30.7 Å². The van der Waals surface area contributed by atoms with Crippen LogP contribution in [0, 0.1) is 10.1 Å². The number of nitrogens with two attached hydrogens (primary N) is 1. The van der Waals surface area contributed by atoms with Gasteiger partial charge in [0.05, 0.1) is 25.4 Å². The molecule has 2 aromatic carbocycles. The molecule has 2 heterocycles. The van der Waals surface area contributed by atoms with Gasteiger partial charge in [-0.25, -0.2) is 10.1 Å². The van der Waals surface area contributed by atoms with E-state index in [0.29, 0.717) is 22.6 Å². The number of carbonyl (C=O) groups is 1. The van der Waals surface area contributed by atoms with Crippen molar-refractivity contribution < 1.29 is 23.8 Å². The number of benzene rings is 2. The molecule has 0 aliphatic carbocycles. The van der Waals surface area contributed by atoms with Gasteiger partial charge in [-0.3, -0.25) is 14.9 Å². The van der Waals surface area contributed by atoms with E-state index >= 15 is 0 Å². The Balaban J connectivity index is 1.69. The summed E-state index contributed by atoms with van der Waals surface area (Å²) >= 11 is 0. The number of nitrogens with one attached hydrogen (secondary N) is 1. The quantitative estimate of drug-likeness (QED) is 0.211. The number of hydrogen-bond donors (Lipinski definition) is 2. The van der Waals surface area contributed by atoms with Crippen molar-refractivity contribution in [3.63, 3.8) is 0 Å². The van der Waals surface area contributed by atoms with Gasteiger partial charge in [-0.05, 0) is 40.6 Å². The van der Waals surface area contributed by atoms with E-state index in [2.05, 4.69) is 35.8 Å². The number of anilines is 1. The second-order valence-electron chi connectivity index (χ2n) is 6.78. The number of aromatic nitrogens is 5. The number of nitro benzene ring substituents is 1. The largest absolute Gasteiger partial charge is 0.497 e. The number of methoxy groups -OCH3 is 2. The van der Waals surface area contributed by atoms with Crippen molar-refractivity contribution in [2.45, 2.75) is 0 Å². The third-order valence-corrected chi connectivity index (χ3v) is 4.74. The Morgan fingerprint density at radius 1 is 1.20 bits per heavy atom. The number of nitro groups is 1. The van der Waals surface area contributed by atoms with Crippen LogP contribution in [0.25, 0.3) is 17.1 Å². The molecule has 4 rings (SSSR count). The summed E-state index contributed by atoms with van der Waals surface area (Å²) in [6.45, 7) is 0. The van der Waals surface area contributed by atoms with E-state index < -0.39 is 10.8 Å². The van der Waals surface area contributed by atoms with Gasteiger partial charge >= 0.3 is 0 Å². The van der Waals surface area contributed by atoms with Crippen LogP contribution in [0.4, 0.5) is 11.5 Å². The fraction of sp³-hybridized carbons (Fsp3) is 0.100. The summed E-state index contributed by atoms with van der Waals surface area (Å²) in [5.41, 5.74) is 8.89. The molecule has 3 N–H and O–H groups in total. The van der Waals surface area contributed by atoms with Gasteiger partial charge in [0.2, 0.25) is 11.6 Å². The molecule has 2 aromatic heterocycles. The Labute approximate surface area is 196 Å². The van der Waals surface area contributed by atoms with E-state index in [-0.39, 0.29) is 28.7 Å². The van der Waals surface area contributed by atoms with Gasteiger partial charge in [0.25, 0.3) is 11.6 Å². The predicted octanol–water partition coefficient (Wildman–Crippen LogP) is 1.59. The number of non-ortho nitro benzene ring substituents is 1. The van der Waals surface area contributed by atoms with Crippen molar-refractivity contribution in [3.8, 4) is 28.6 Å². The number of nitrogens with zero attached hydrogens (tertiary/aromatic N) is 7. The molecule has 0 saturated carbocycles. The number of hydrogen-bond acceptors (Lipinski definition) is 12. The SMILES string of the molecule is COc1ccc(OC)c(C=NNC(=O)c2nnn(-c3nonc3N)c2-c2ccc([N+](=O)[O-])cc2)c1. The molecular formula is C20H17N9O6. The number of carbonyl (C=O) groups excluding carboxylic acids is 1. The van der Waals surface area contributed by atoms with Gasteiger partial charge in [0.1, 0.15) is 17.2 Å². The highest BCUT2D eigenvalue weighted by Crippen LogP contribution is 2.28. The molecule has 15 nitrogen and oxygen atoms in total. The molecule has 0 bridgehead atoms. The smallest absolute Gasteiger partial charge is 0.294 e. The minimum Gasteiger partial charge on any atom is -0.497 e. The number of hydrazone groups is 1. The minimum atomic E-state index is -0.724. The third kappa shape index (κ3) is 4.58. The Morgan fingerprint density at radius 3 is 2.60 bits per heavy atom. The van der Waals surface area contributed by atoms with Crippen LogP contribution < -0.4 is 20.6 Å². The molecule has 1 amide bonds. The Kier molecular flexibility index (Phi) is 6.30. The van der Waals surface area contributed by atoms with Gasteiger partial charge in [-0.15, -0.1) is 5.10 Å². The fourth-order valence-electron chi connectivity index (χ4n) is 3.07. The second-order valence-corrected chi connectivity index (χ2v) is 6.78. The van der Waals surface area contributed by atoms with Gasteiger partial charge in [0.15, 0.2) is 5.69 Å². The summed E-state index contributed by atoms with van der Waals surface area (Å²) in [6.07, 6.45) is 1.37. The maximum Gasteiger partial charge on any atom is 0.294 e. The lowest BCUT2D eigenvalue weighted by molar-refractivity contribution is -0.384. The van der Waals surface area contributed by atoms with E-state index in [1.54, 1.807) is 18.2 Å². The summed E-state index contributed by atoms with van der Waals surface area (Å²) in [6, 6.07) is 10.5. The lowest BCUT2D eigenvalue weighted by Gasteiger charge is -2.07. The van der Waals surface area contributed by atoms with Gasteiger partial charge in [-0.2, -0.15) is 9.78 Å². The van der Waals surface area contributed by atoms with Crippen LogP contribution in [0.1, 0.15) is 16.1 Å². The van der Waals surface area contributed by atoms with Crippen LogP contribution in [0.2, 0.25) is 0 Å². The molecular weight excluding hydrogens is 462 g/mol. The van der Waals surface area contributed by atoms with Crippen molar-refractivity contribution >= 4 is 23.6 Å². The van der Waals surface area contributed by atoms with Crippen LogP contribution in [-0.2, 0) is 0 Å². The number of ether oxygens (including phenoxy) is 2. The molecule has 0 fully saturated rings. The van der Waals surface area contributed by atoms with E-state index in [9.17, 15) is 14.9 Å². The van der Waals surface area contributed by atoms with E-state index in [0.717, 1.165) is 4.68 Å². The zero-order valence-corrected chi connectivity index (χ0v) is 18.3. The number of nitrogen functional groups attached to an aromatic ring is 1. The number of amides is 1. The van der Waals surface area contributed by atoms with Crippen LogP contribution in [0.5, 0.6) is 11.5 Å². The first-order valence-corrected chi connectivity index (χ1v) is 9.77. The monoisotopic (exact) mass is 479 g/mol. The maximum absolute atomic E-state index is 13.0. The Bertz CT molecular complexity index is 1410. The molecule has 4 aromatic rings. The molecule has 35 heavy (non-hydrogen) atoms. The topological polar surface area (TPSA) is 199 Å². The highest BCUT2D eigenvalue weighted by atomic mass is 16.6. The van der Waals surface area contributed by atoms with Gasteiger partial charge in [-0.1, -0.05) is 5.21 Å². The van der Waals surface area contributed by atoms with Crippen molar-refractivity contribution in [3.05, 3.63) is 63.8 Å². The second kappa shape index (κ2) is 9.65. The van der Waals surface area contributed by atoms with Crippen molar-refractivity contribution in [2.75, 3.05) is 20.0 Å². The standard InChI is InChI=1S/C20H17N9O6/c1-33-14-7-8-15(34-2)12(9-14)10-22-24-20(30)16-17(11-3-5-13(6-4-11)29(31)32)28(27-23-16)19-18(21)25-35-26-19/h3-10H,1-2H3,(H2,21,25)(H,24,30). The fourth-order valence-corrected chi connectivity index (χ4v) is 3.07. The Hall–Kier alpha value is -5.34. The molecule has 0 atom stereocenters. The highest BCUT2D eigenvalue weighted by molar-refractivity contribution is 5.99. The summed E-state index contributed by atoms with van der Waals surface area (Å²) in [5, 5.41) is 30.0. The van der Waals surface area contributed by atoms with E-state index in [1.165, 1.54) is 44.7 Å². The molecule has 0 aliphatic rings. The average molecular weight is 479 g/mol. The lowest BCUT2D eigenvalue weighted by Crippen LogP contribution is -2.19. The molecule has 0 saturated heterocycles. The summed E-state index contributed by atoms with van der Waals surface area (Å²) < 4.78 is 16.2. The van der Waals surface area contributed by atoms with Crippen LogP contribution in [-0.4, -0.2) is 56.6 Å². The normalized spacial score (nSPS) is 10.9. The molecule has 15 heteroatoms. The zero-order chi connectivity index (χ0) is 24.9. The van der Waals surface area contributed by atoms with Crippen molar-refractivity contribution in [2.24, 2.45) is 5.10 Å². The summed E-state index contributed by atoms with van der Waals surface area (Å²) in [5.74, 6) is 0.233. The number of rotatable bonds is 8. The molecule has 0 radical (unpaired) electrons. The average Bonchev–Trinajstić information content (AvgIpc) is 3.49. The Morgan fingerprint density at radius 2 is 1.97 bits per heavy atom. The minimum absolute atomic E-state index is 0.0190. The zero-order valence-electron chi connectivity index (χ0n) is 18.3.